The van der Waals surface area contributed by atoms with Gasteiger partial charge in [-0.15, -0.1) is 0 Å². The summed E-state index contributed by atoms with van der Waals surface area (Å²) in [5.74, 6) is 0.751. The molecule has 0 radical (unpaired) electrons. The molecule has 1 rings (SSSR count). The maximum absolute atomic E-state index is 9.69. The predicted octanol–water partition coefficient (Wildman–Crippen LogP) is 2.50. The van der Waals surface area contributed by atoms with Gasteiger partial charge in [0.1, 0.15) is 0 Å². The lowest BCUT2D eigenvalue weighted by molar-refractivity contribution is 0.110. The lowest BCUT2D eigenvalue weighted by atomic mass is 9.83. The van der Waals surface area contributed by atoms with E-state index in [0.717, 1.165) is 18.8 Å². The Morgan fingerprint density at radius 1 is 1.55 bits per heavy atom. The van der Waals surface area contributed by atoms with E-state index < -0.39 is 5.60 Å². The second-order valence-corrected chi connectivity index (χ2v) is 4.18. The molecule has 1 N–H and O–H groups in total. The van der Waals surface area contributed by atoms with Gasteiger partial charge in [0.15, 0.2) is 0 Å². The standard InChI is InChI=1S/C10H18O/c1-8-5-4-6-9(7-8)10(2,3)11/h6,8,11H,4-5,7H2,1-3H3. The van der Waals surface area contributed by atoms with Crippen molar-refractivity contribution in [3.8, 4) is 0 Å². The highest BCUT2D eigenvalue weighted by Gasteiger charge is 2.22. The molecule has 0 saturated carbocycles. The molecule has 1 nitrogen and oxygen atoms in total. The Morgan fingerprint density at radius 2 is 2.18 bits per heavy atom. The largest absolute Gasteiger partial charge is 0.386 e. The van der Waals surface area contributed by atoms with Crippen molar-refractivity contribution < 1.29 is 5.11 Å². The Labute approximate surface area is 69.1 Å². The van der Waals surface area contributed by atoms with Gasteiger partial charge >= 0.3 is 0 Å². The molecule has 0 heterocycles. The highest BCUT2D eigenvalue weighted by molar-refractivity contribution is 5.16. The summed E-state index contributed by atoms with van der Waals surface area (Å²) in [6.45, 7) is 5.99. The van der Waals surface area contributed by atoms with E-state index in [-0.39, 0.29) is 0 Å². The van der Waals surface area contributed by atoms with Crippen LogP contribution < -0.4 is 0 Å². The highest BCUT2D eigenvalue weighted by atomic mass is 16.3. The van der Waals surface area contributed by atoms with Gasteiger partial charge in [0.25, 0.3) is 0 Å². The molecule has 0 amide bonds. The molecule has 0 spiro atoms. The van der Waals surface area contributed by atoms with Crippen LogP contribution in [0.2, 0.25) is 0 Å². The summed E-state index contributed by atoms with van der Waals surface area (Å²) in [5.41, 5.74) is 0.630. The highest BCUT2D eigenvalue weighted by Crippen LogP contribution is 2.30. The van der Waals surface area contributed by atoms with Crippen LogP contribution in [0.4, 0.5) is 0 Å². The molecule has 0 fully saturated rings. The molecule has 0 saturated heterocycles. The van der Waals surface area contributed by atoms with E-state index in [1.54, 1.807) is 0 Å². The van der Waals surface area contributed by atoms with E-state index in [9.17, 15) is 5.11 Å². The minimum atomic E-state index is -0.589. The zero-order valence-electron chi connectivity index (χ0n) is 7.72. The number of aliphatic hydroxyl groups is 1. The molecule has 0 bridgehead atoms. The van der Waals surface area contributed by atoms with Gasteiger partial charge in [-0.1, -0.05) is 13.0 Å². The molecule has 1 unspecified atom stereocenters. The van der Waals surface area contributed by atoms with E-state index in [1.165, 1.54) is 12.0 Å². The number of allylic oxidation sites excluding steroid dienone is 1. The first-order valence-corrected chi connectivity index (χ1v) is 4.42. The third kappa shape index (κ3) is 2.33. The van der Waals surface area contributed by atoms with Gasteiger partial charge in [0.05, 0.1) is 5.60 Å². The Balaban J connectivity index is 2.65. The van der Waals surface area contributed by atoms with Crippen LogP contribution in [0.5, 0.6) is 0 Å². The van der Waals surface area contributed by atoms with Crippen molar-refractivity contribution in [3.63, 3.8) is 0 Å². The smallest absolute Gasteiger partial charge is 0.0800 e. The zero-order valence-corrected chi connectivity index (χ0v) is 7.72. The zero-order chi connectivity index (χ0) is 8.48. The van der Waals surface area contributed by atoms with E-state index in [4.69, 9.17) is 0 Å². The molecular weight excluding hydrogens is 136 g/mol. The quantitative estimate of drug-likeness (QED) is 0.575. The summed E-state index contributed by atoms with van der Waals surface area (Å²) in [6.07, 6.45) is 5.68. The summed E-state index contributed by atoms with van der Waals surface area (Å²) in [7, 11) is 0. The van der Waals surface area contributed by atoms with Crippen LogP contribution >= 0.6 is 0 Å². The van der Waals surface area contributed by atoms with E-state index in [2.05, 4.69) is 13.0 Å². The summed E-state index contributed by atoms with van der Waals surface area (Å²) in [6, 6.07) is 0. The van der Waals surface area contributed by atoms with Crippen molar-refractivity contribution >= 4 is 0 Å². The van der Waals surface area contributed by atoms with E-state index in [1.807, 2.05) is 13.8 Å². The molecule has 0 aromatic carbocycles. The molecule has 0 aromatic rings. The average molecular weight is 154 g/mol. The van der Waals surface area contributed by atoms with Crippen LogP contribution in [0.25, 0.3) is 0 Å². The fraction of sp³-hybridized carbons (Fsp3) is 0.800. The first-order valence-electron chi connectivity index (χ1n) is 4.42. The van der Waals surface area contributed by atoms with Crippen LogP contribution in [-0.2, 0) is 0 Å². The predicted molar refractivity (Wildman–Crippen MR) is 47.4 cm³/mol. The number of rotatable bonds is 1. The Bertz CT molecular complexity index is 162. The fourth-order valence-corrected chi connectivity index (χ4v) is 1.60. The topological polar surface area (TPSA) is 20.2 Å². The fourth-order valence-electron chi connectivity index (χ4n) is 1.60. The Hall–Kier alpha value is -0.300. The van der Waals surface area contributed by atoms with Gasteiger partial charge in [-0.05, 0) is 44.6 Å². The van der Waals surface area contributed by atoms with Crippen molar-refractivity contribution in [2.24, 2.45) is 5.92 Å². The molecule has 1 aliphatic carbocycles. The Morgan fingerprint density at radius 3 is 2.55 bits per heavy atom. The van der Waals surface area contributed by atoms with Crippen molar-refractivity contribution in [1.29, 1.82) is 0 Å². The summed E-state index contributed by atoms with van der Waals surface area (Å²) in [4.78, 5) is 0. The van der Waals surface area contributed by atoms with Crippen LogP contribution in [0.3, 0.4) is 0 Å². The molecule has 11 heavy (non-hydrogen) atoms. The third-order valence-electron chi connectivity index (χ3n) is 2.40. The second-order valence-electron chi connectivity index (χ2n) is 4.18. The third-order valence-corrected chi connectivity index (χ3v) is 2.40. The normalized spacial score (nSPS) is 26.5. The molecular formula is C10H18O. The van der Waals surface area contributed by atoms with Crippen molar-refractivity contribution in [2.75, 3.05) is 0 Å². The van der Waals surface area contributed by atoms with Gasteiger partial charge < -0.3 is 5.11 Å². The van der Waals surface area contributed by atoms with Gasteiger partial charge in [0.2, 0.25) is 0 Å². The lowest BCUT2D eigenvalue weighted by Crippen LogP contribution is -2.25. The molecule has 0 aliphatic heterocycles. The van der Waals surface area contributed by atoms with Crippen LogP contribution in [0, 0.1) is 5.92 Å². The summed E-state index contributed by atoms with van der Waals surface area (Å²) in [5, 5.41) is 9.69. The molecule has 64 valence electrons. The van der Waals surface area contributed by atoms with Gasteiger partial charge in [-0.2, -0.15) is 0 Å². The molecule has 1 heteroatoms. The van der Waals surface area contributed by atoms with Crippen LogP contribution in [0.15, 0.2) is 11.6 Å². The van der Waals surface area contributed by atoms with Crippen molar-refractivity contribution in [3.05, 3.63) is 11.6 Å². The van der Waals surface area contributed by atoms with Crippen LogP contribution in [0.1, 0.15) is 40.0 Å². The maximum atomic E-state index is 9.69. The van der Waals surface area contributed by atoms with E-state index in [0.29, 0.717) is 0 Å². The van der Waals surface area contributed by atoms with Crippen LogP contribution in [-0.4, -0.2) is 10.7 Å². The lowest BCUT2D eigenvalue weighted by Gasteiger charge is -2.27. The Kier molecular flexibility index (Phi) is 2.38. The SMILES string of the molecule is CC1CCC=C(C(C)(C)O)C1. The van der Waals surface area contributed by atoms with E-state index >= 15 is 0 Å². The molecule has 0 aromatic heterocycles. The van der Waals surface area contributed by atoms with Gasteiger partial charge in [-0.25, -0.2) is 0 Å². The second kappa shape index (κ2) is 2.98. The summed E-state index contributed by atoms with van der Waals surface area (Å²) < 4.78 is 0. The maximum Gasteiger partial charge on any atom is 0.0800 e. The minimum Gasteiger partial charge on any atom is -0.386 e. The van der Waals surface area contributed by atoms with Crippen molar-refractivity contribution in [2.45, 2.75) is 45.6 Å². The monoisotopic (exact) mass is 154 g/mol. The van der Waals surface area contributed by atoms with Gasteiger partial charge in [0, 0.05) is 0 Å². The molecule has 1 aliphatic rings. The first-order chi connectivity index (χ1) is 5.00. The average Bonchev–Trinajstić information content (AvgIpc) is 1.86. The first kappa shape index (κ1) is 8.79. The number of hydrogen-bond donors (Lipinski definition) is 1. The summed E-state index contributed by atoms with van der Waals surface area (Å²) >= 11 is 0. The minimum absolute atomic E-state index is 0.589. The van der Waals surface area contributed by atoms with Gasteiger partial charge in [-0.3, -0.25) is 0 Å². The van der Waals surface area contributed by atoms with Crippen molar-refractivity contribution in [1.82, 2.24) is 0 Å². The molecule has 1 atom stereocenters. The number of hydrogen-bond acceptors (Lipinski definition) is 1.